The number of para-hydroxylation sites is 1. The Hall–Kier alpha value is -2.89. The molecule has 0 saturated heterocycles. The van der Waals surface area contributed by atoms with E-state index < -0.39 is 11.5 Å². The first-order valence-electron chi connectivity index (χ1n) is 8.01. The maximum Gasteiger partial charge on any atom is 0.260 e. The third kappa shape index (κ3) is 3.37. The number of rotatable bonds is 4. The number of fused-ring (bicyclic) bond motifs is 1. The molecule has 24 heavy (non-hydrogen) atoms. The van der Waals surface area contributed by atoms with E-state index in [0.717, 1.165) is 18.5 Å². The van der Waals surface area contributed by atoms with Crippen LogP contribution in [0.5, 0.6) is 0 Å². The number of nitrogens with one attached hydrogen (secondary N) is 2. The lowest BCUT2D eigenvalue weighted by Gasteiger charge is -2.29. The van der Waals surface area contributed by atoms with Crippen LogP contribution >= 0.6 is 0 Å². The first-order chi connectivity index (χ1) is 11.7. The third-order valence-corrected chi connectivity index (χ3v) is 4.10. The molecule has 0 bridgehead atoms. The average Bonchev–Trinajstić information content (AvgIpc) is 2.61. The van der Waals surface area contributed by atoms with Gasteiger partial charge in [0, 0.05) is 31.4 Å². The van der Waals surface area contributed by atoms with Crippen LogP contribution in [0.1, 0.15) is 28.8 Å². The number of pyridine rings is 1. The molecule has 6 heteroatoms. The molecule has 124 valence electrons. The van der Waals surface area contributed by atoms with Gasteiger partial charge in [0.15, 0.2) is 0 Å². The van der Waals surface area contributed by atoms with E-state index in [9.17, 15) is 14.4 Å². The van der Waals surface area contributed by atoms with Crippen LogP contribution in [0.3, 0.4) is 0 Å². The summed E-state index contributed by atoms with van der Waals surface area (Å²) in [5, 5.41) is 2.63. The second kappa shape index (κ2) is 7.12. The molecular weight excluding hydrogens is 306 g/mol. The van der Waals surface area contributed by atoms with Gasteiger partial charge in [0.2, 0.25) is 5.91 Å². The summed E-state index contributed by atoms with van der Waals surface area (Å²) in [5.41, 5.74) is 1.75. The summed E-state index contributed by atoms with van der Waals surface area (Å²) in [6.07, 6.45) is 3.59. The van der Waals surface area contributed by atoms with Gasteiger partial charge in [-0.1, -0.05) is 18.2 Å². The molecule has 0 saturated carbocycles. The highest BCUT2D eigenvalue weighted by molar-refractivity contribution is 5.96. The highest BCUT2D eigenvalue weighted by atomic mass is 16.2. The SMILES string of the molecule is O=C(NCCC(=O)N1CCCc2ccccc21)c1ccc[nH]c1=O. The molecule has 1 aliphatic rings. The molecule has 1 aromatic carbocycles. The summed E-state index contributed by atoms with van der Waals surface area (Å²) in [6.45, 7) is 0.896. The van der Waals surface area contributed by atoms with Crippen molar-refractivity contribution in [2.24, 2.45) is 0 Å². The summed E-state index contributed by atoms with van der Waals surface area (Å²) in [5.74, 6) is -0.492. The molecule has 0 spiro atoms. The third-order valence-electron chi connectivity index (χ3n) is 4.10. The lowest BCUT2D eigenvalue weighted by atomic mass is 10.0. The van der Waals surface area contributed by atoms with E-state index in [1.54, 1.807) is 11.0 Å². The van der Waals surface area contributed by atoms with Gasteiger partial charge in [-0.05, 0) is 36.6 Å². The van der Waals surface area contributed by atoms with Gasteiger partial charge >= 0.3 is 0 Å². The minimum atomic E-state index is -0.469. The zero-order valence-corrected chi connectivity index (χ0v) is 13.2. The Morgan fingerprint density at radius 1 is 1.17 bits per heavy atom. The number of carbonyl (C=O) groups is 2. The number of benzene rings is 1. The van der Waals surface area contributed by atoms with Crippen molar-refractivity contribution in [3.63, 3.8) is 0 Å². The average molecular weight is 325 g/mol. The fourth-order valence-corrected chi connectivity index (χ4v) is 2.91. The molecular formula is C18H19N3O3. The van der Waals surface area contributed by atoms with Gasteiger partial charge in [-0.2, -0.15) is 0 Å². The van der Waals surface area contributed by atoms with Crippen molar-refractivity contribution >= 4 is 17.5 Å². The minimum absolute atomic E-state index is 0.0237. The van der Waals surface area contributed by atoms with E-state index >= 15 is 0 Å². The normalized spacial score (nSPS) is 13.2. The van der Waals surface area contributed by atoms with Gasteiger partial charge < -0.3 is 15.2 Å². The van der Waals surface area contributed by atoms with Crippen LogP contribution in [-0.4, -0.2) is 29.9 Å². The van der Waals surface area contributed by atoms with E-state index in [4.69, 9.17) is 0 Å². The second-order valence-corrected chi connectivity index (χ2v) is 5.70. The molecule has 0 atom stereocenters. The largest absolute Gasteiger partial charge is 0.351 e. The predicted octanol–water partition coefficient (Wildman–Crippen LogP) is 1.47. The quantitative estimate of drug-likeness (QED) is 0.893. The summed E-state index contributed by atoms with van der Waals surface area (Å²) < 4.78 is 0. The maximum absolute atomic E-state index is 12.5. The fraction of sp³-hybridized carbons (Fsp3) is 0.278. The van der Waals surface area contributed by atoms with E-state index in [1.807, 2.05) is 24.3 Å². The Morgan fingerprint density at radius 3 is 2.83 bits per heavy atom. The standard InChI is InChI=1S/C18H19N3O3/c22-16(21-12-4-6-13-5-1-2-8-15(13)21)9-11-20-18(24)14-7-3-10-19-17(14)23/h1-3,5,7-8,10H,4,6,9,11-12H2,(H,19,23)(H,20,24). The van der Waals surface area contributed by atoms with Crippen molar-refractivity contribution in [1.82, 2.24) is 10.3 Å². The van der Waals surface area contributed by atoms with Crippen LogP contribution in [0.4, 0.5) is 5.69 Å². The summed E-state index contributed by atoms with van der Waals surface area (Å²) >= 11 is 0. The van der Waals surface area contributed by atoms with Crippen molar-refractivity contribution in [3.05, 3.63) is 64.1 Å². The van der Waals surface area contributed by atoms with Gasteiger partial charge in [0.1, 0.15) is 5.56 Å². The molecule has 1 aliphatic heterocycles. The molecule has 0 unspecified atom stereocenters. The number of nitrogens with zero attached hydrogens (tertiary/aromatic N) is 1. The van der Waals surface area contributed by atoms with Crippen molar-refractivity contribution in [3.8, 4) is 0 Å². The molecule has 6 nitrogen and oxygen atoms in total. The summed E-state index contributed by atoms with van der Waals surface area (Å²) in [4.78, 5) is 40.2. The molecule has 0 aliphatic carbocycles. The minimum Gasteiger partial charge on any atom is -0.351 e. The van der Waals surface area contributed by atoms with E-state index in [2.05, 4.69) is 10.3 Å². The van der Waals surface area contributed by atoms with Gasteiger partial charge in [-0.25, -0.2) is 0 Å². The summed E-state index contributed by atoms with van der Waals surface area (Å²) in [6, 6.07) is 10.9. The molecule has 3 rings (SSSR count). The molecule has 2 aromatic rings. The van der Waals surface area contributed by atoms with Gasteiger partial charge in [0.25, 0.3) is 11.5 Å². The number of aromatic nitrogens is 1. The van der Waals surface area contributed by atoms with Gasteiger partial charge in [0.05, 0.1) is 0 Å². The number of carbonyl (C=O) groups excluding carboxylic acids is 2. The van der Waals surface area contributed by atoms with E-state index in [1.165, 1.54) is 17.8 Å². The summed E-state index contributed by atoms with van der Waals surface area (Å²) in [7, 11) is 0. The zero-order valence-electron chi connectivity index (χ0n) is 13.2. The number of aromatic amines is 1. The van der Waals surface area contributed by atoms with Crippen molar-refractivity contribution in [1.29, 1.82) is 0 Å². The van der Waals surface area contributed by atoms with Crippen molar-refractivity contribution in [2.45, 2.75) is 19.3 Å². The van der Waals surface area contributed by atoms with Crippen molar-refractivity contribution in [2.75, 3.05) is 18.0 Å². The van der Waals surface area contributed by atoms with Crippen LogP contribution in [-0.2, 0) is 11.2 Å². The van der Waals surface area contributed by atoms with E-state index in [-0.39, 0.29) is 24.4 Å². The Kier molecular flexibility index (Phi) is 4.74. The topological polar surface area (TPSA) is 82.3 Å². The number of amides is 2. The monoisotopic (exact) mass is 325 g/mol. The lowest BCUT2D eigenvalue weighted by molar-refractivity contribution is -0.118. The number of H-pyrrole nitrogens is 1. The van der Waals surface area contributed by atoms with E-state index in [0.29, 0.717) is 6.54 Å². The maximum atomic E-state index is 12.5. The zero-order chi connectivity index (χ0) is 16.9. The van der Waals surface area contributed by atoms with Gasteiger partial charge in [-0.15, -0.1) is 0 Å². The van der Waals surface area contributed by atoms with Crippen LogP contribution in [0.25, 0.3) is 0 Å². The predicted molar refractivity (Wildman–Crippen MR) is 91.1 cm³/mol. The van der Waals surface area contributed by atoms with Gasteiger partial charge in [-0.3, -0.25) is 14.4 Å². The first kappa shape index (κ1) is 16.0. The molecule has 2 N–H and O–H groups in total. The van der Waals surface area contributed by atoms with Crippen LogP contribution in [0.2, 0.25) is 0 Å². The lowest BCUT2D eigenvalue weighted by Crippen LogP contribution is -2.38. The second-order valence-electron chi connectivity index (χ2n) is 5.70. The number of anilines is 1. The molecule has 1 aromatic heterocycles. The molecule has 0 fully saturated rings. The number of hydrogen-bond donors (Lipinski definition) is 2. The van der Waals surface area contributed by atoms with Crippen LogP contribution in [0, 0.1) is 0 Å². The Bertz CT molecular complexity index is 813. The molecule has 0 radical (unpaired) electrons. The number of aryl methyl sites for hydroxylation is 1. The fourth-order valence-electron chi connectivity index (χ4n) is 2.91. The van der Waals surface area contributed by atoms with Crippen LogP contribution < -0.4 is 15.8 Å². The Labute approximate surface area is 139 Å². The highest BCUT2D eigenvalue weighted by Crippen LogP contribution is 2.26. The Morgan fingerprint density at radius 2 is 2.00 bits per heavy atom. The number of hydrogen-bond acceptors (Lipinski definition) is 3. The molecule has 2 heterocycles. The smallest absolute Gasteiger partial charge is 0.260 e. The first-order valence-corrected chi connectivity index (χ1v) is 8.01. The highest BCUT2D eigenvalue weighted by Gasteiger charge is 2.21. The van der Waals surface area contributed by atoms with Crippen LogP contribution in [0.15, 0.2) is 47.4 Å². The Balaban J connectivity index is 1.58. The van der Waals surface area contributed by atoms with Crippen molar-refractivity contribution < 1.29 is 9.59 Å². The molecule has 2 amide bonds.